The lowest BCUT2D eigenvalue weighted by Crippen LogP contribution is -2.25. The van der Waals surface area contributed by atoms with Gasteiger partial charge in [0.1, 0.15) is 11.6 Å². The highest BCUT2D eigenvalue weighted by Crippen LogP contribution is 2.22. The molecule has 0 fully saturated rings. The Hall–Kier alpha value is -1.62. The maximum Gasteiger partial charge on any atom is 0.223 e. The molecule has 0 aliphatic heterocycles. The third kappa shape index (κ3) is 4.52. The molecular weight excluding hydrogens is 247 g/mol. The number of rotatable bonds is 7. The van der Waals surface area contributed by atoms with Crippen LogP contribution in [0.3, 0.4) is 0 Å². The van der Waals surface area contributed by atoms with E-state index in [0.29, 0.717) is 11.3 Å². The van der Waals surface area contributed by atoms with Crippen molar-refractivity contribution in [1.82, 2.24) is 5.32 Å². The van der Waals surface area contributed by atoms with E-state index in [9.17, 15) is 9.18 Å². The van der Waals surface area contributed by atoms with Gasteiger partial charge in [0.2, 0.25) is 5.91 Å². The summed E-state index contributed by atoms with van der Waals surface area (Å²) in [6.07, 6.45) is 0. The highest BCUT2D eigenvalue weighted by Gasteiger charge is 2.13. The number of carbonyl (C=O) groups is 1. The molecule has 0 saturated heterocycles. The van der Waals surface area contributed by atoms with E-state index in [-0.39, 0.29) is 18.5 Å². The molecule has 0 saturated carbocycles. The largest absolute Gasteiger partial charge is 0.493 e. The molecule has 1 aromatic rings. The summed E-state index contributed by atoms with van der Waals surface area (Å²) >= 11 is 0. The Morgan fingerprint density at radius 2 is 2.16 bits per heavy atom. The molecule has 0 spiro atoms. The molecule has 1 aromatic carbocycles. The zero-order chi connectivity index (χ0) is 14.4. The fraction of sp³-hybridized carbons (Fsp3) is 0.500. The molecule has 0 aliphatic rings. The second-order valence-electron chi connectivity index (χ2n) is 4.58. The topological polar surface area (TPSA) is 64.3 Å². The van der Waals surface area contributed by atoms with Crippen molar-refractivity contribution in [2.45, 2.75) is 26.8 Å². The number of halogens is 1. The van der Waals surface area contributed by atoms with Crippen LogP contribution in [0.15, 0.2) is 18.2 Å². The molecule has 2 atom stereocenters. The number of nitrogens with one attached hydrogen (secondary N) is 1. The van der Waals surface area contributed by atoms with E-state index in [1.165, 1.54) is 6.07 Å². The molecule has 2 unspecified atom stereocenters. The maximum absolute atomic E-state index is 13.9. The summed E-state index contributed by atoms with van der Waals surface area (Å²) < 4.78 is 19.2. The normalized spacial score (nSPS) is 13.9. The fourth-order valence-corrected chi connectivity index (χ4v) is 1.67. The molecule has 0 aliphatic carbocycles. The van der Waals surface area contributed by atoms with Crippen molar-refractivity contribution in [2.75, 3.05) is 13.2 Å². The smallest absolute Gasteiger partial charge is 0.223 e. The minimum absolute atomic E-state index is 0.0522. The number of primary amides is 1. The van der Waals surface area contributed by atoms with E-state index >= 15 is 0 Å². The quantitative estimate of drug-likeness (QED) is 0.795. The number of ether oxygens (including phenoxy) is 1. The van der Waals surface area contributed by atoms with Gasteiger partial charge in [-0.2, -0.15) is 0 Å². The molecule has 1 rings (SSSR count). The summed E-state index contributed by atoms with van der Waals surface area (Å²) in [5, 5.41) is 3.15. The molecule has 3 N–H and O–H groups in total. The number of carbonyl (C=O) groups excluding carboxylic acids is 1. The van der Waals surface area contributed by atoms with Crippen LogP contribution in [-0.2, 0) is 4.79 Å². The summed E-state index contributed by atoms with van der Waals surface area (Å²) in [7, 11) is 0. The van der Waals surface area contributed by atoms with Gasteiger partial charge in [-0.3, -0.25) is 4.79 Å². The minimum atomic E-state index is -0.433. The zero-order valence-electron chi connectivity index (χ0n) is 11.6. The molecule has 4 nitrogen and oxygen atoms in total. The van der Waals surface area contributed by atoms with Gasteiger partial charge in [0, 0.05) is 17.7 Å². The third-order valence-electron chi connectivity index (χ3n) is 2.93. The number of hydrogen-bond acceptors (Lipinski definition) is 3. The highest BCUT2D eigenvalue weighted by atomic mass is 19.1. The molecule has 19 heavy (non-hydrogen) atoms. The van der Waals surface area contributed by atoms with Crippen molar-refractivity contribution in [1.29, 1.82) is 0 Å². The monoisotopic (exact) mass is 268 g/mol. The fourth-order valence-electron chi connectivity index (χ4n) is 1.67. The molecule has 1 amide bonds. The number of amides is 1. The van der Waals surface area contributed by atoms with E-state index in [1.807, 2.05) is 13.8 Å². The van der Waals surface area contributed by atoms with Crippen LogP contribution in [0, 0.1) is 11.7 Å². The first-order valence-corrected chi connectivity index (χ1v) is 6.40. The van der Waals surface area contributed by atoms with Crippen LogP contribution in [0.25, 0.3) is 0 Å². The van der Waals surface area contributed by atoms with E-state index < -0.39 is 11.8 Å². The van der Waals surface area contributed by atoms with Gasteiger partial charge in [-0.25, -0.2) is 4.39 Å². The lowest BCUT2D eigenvalue weighted by molar-refractivity contribution is -0.122. The van der Waals surface area contributed by atoms with Gasteiger partial charge in [0.25, 0.3) is 0 Å². The Balaban J connectivity index is 2.69. The molecular formula is C14H21FN2O2. The van der Waals surface area contributed by atoms with E-state index in [1.54, 1.807) is 19.1 Å². The zero-order valence-corrected chi connectivity index (χ0v) is 11.6. The lowest BCUT2D eigenvalue weighted by atomic mass is 10.1. The van der Waals surface area contributed by atoms with Gasteiger partial charge in [-0.05, 0) is 19.5 Å². The first-order valence-electron chi connectivity index (χ1n) is 6.40. The van der Waals surface area contributed by atoms with Crippen LogP contribution in [0.1, 0.15) is 32.4 Å². The Bertz CT molecular complexity index is 437. The van der Waals surface area contributed by atoms with Crippen molar-refractivity contribution in [3.8, 4) is 5.75 Å². The highest BCUT2D eigenvalue weighted by molar-refractivity contribution is 5.76. The van der Waals surface area contributed by atoms with Crippen LogP contribution in [0.5, 0.6) is 5.75 Å². The van der Waals surface area contributed by atoms with Crippen LogP contribution >= 0.6 is 0 Å². The van der Waals surface area contributed by atoms with Gasteiger partial charge in [0.05, 0.1) is 12.5 Å². The van der Waals surface area contributed by atoms with E-state index in [2.05, 4.69) is 5.32 Å². The molecule has 106 valence electrons. The summed E-state index contributed by atoms with van der Waals surface area (Å²) in [6.45, 7) is 6.46. The third-order valence-corrected chi connectivity index (χ3v) is 2.93. The second kappa shape index (κ2) is 7.09. The molecule has 0 heterocycles. The van der Waals surface area contributed by atoms with Gasteiger partial charge in [0.15, 0.2) is 0 Å². The summed E-state index contributed by atoms with van der Waals surface area (Å²) in [4.78, 5) is 10.9. The van der Waals surface area contributed by atoms with E-state index in [0.717, 1.165) is 6.54 Å². The Kier molecular flexibility index (Phi) is 5.76. The molecule has 0 bridgehead atoms. The molecule has 0 radical (unpaired) electrons. The van der Waals surface area contributed by atoms with Crippen LogP contribution in [0.2, 0.25) is 0 Å². The predicted octanol–water partition coefficient (Wildman–Crippen LogP) is 2.00. The van der Waals surface area contributed by atoms with Crippen molar-refractivity contribution in [3.63, 3.8) is 0 Å². The summed E-state index contributed by atoms with van der Waals surface area (Å²) in [5.74, 6) is -0.753. The van der Waals surface area contributed by atoms with Gasteiger partial charge in [-0.1, -0.05) is 19.9 Å². The van der Waals surface area contributed by atoms with Crippen LogP contribution in [-0.4, -0.2) is 19.1 Å². The van der Waals surface area contributed by atoms with Gasteiger partial charge >= 0.3 is 0 Å². The van der Waals surface area contributed by atoms with Crippen molar-refractivity contribution in [2.24, 2.45) is 11.7 Å². The van der Waals surface area contributed by atoms with Crippen molar-refractivity contribution >= 4 is 5.91 Å². The minimum Gasteiger partial charge on any atom is -0.493 e. The van der Waals surface area contributed by atoms with E-state index in [4.69, 9.17) is 10.5 Å². The van der Waals surface area contributed by atoms with Crippen LogP contribution < -0.4 is 15.8 Å². The Morgan fingerprint density at radius 1 is 1.47 bits per heavy atom. The first kappa shape index (κ1) is 15.4. The van der Waals surface area contributed by atoms with Crippen molar-refractivity contribution in [3.05, 3.63) is 29.6 Å². The standard InChI is InChI=1S/C14H21FN2O2/c1-4-17-10(3)12-6-5-11(7-13(12)15)19-8-9(2)14(16)18/h5-7,9-10,17H,4,8H2,1-3H3,(H2,16,18). The van der Waals surface area contributed by atoms with Crippen molar-refractivity contribution < 1.29 is 13.9 Å². The lowest BCUT2D eigenvalue weighted by Gasteiger charge is -2.15. The van der Waals surface area contributed by atoms with Crippen LogP contribution in [0.4, 0.5) is 4.39 Å². The number of benzene rings is 1. The molecule has 5 heteroatoms. The summed E-state index contributed by atoms with van der Waals surface area (Å²) in [5.41, 5.74) is 5.72. The second-order valence-corrected chi connectivity index (χ2v) is 4.58. The average Bonchev–Trinajstić information content (AvgIpc) is 2.36. The Morgan fingerprint density at radius 3 is 2.68 bits per heavy atom. The maximum atomic E-state index is 13.9. The Labute approximate surface area is 113 Å². The number of hydrogen-bond donors (Lipinski definition) is 2. The summed E-state index contributed by atoms with van der Waals surface area (Å²) in [6, 6.07) is 4.66. The average molecular weight is 268 g/mol. The number of nitrogens with two attached hydrogens (primary N) is 1. The van der Waals surface area contributed by atoms with Gasteiger partial charge < -0.3 is 15.8 Å². The first-order chi connectivity index (χ1) is 8.95. The SMILES string of the molecule is CCNC(C)c1ccc(OCC(C)C(N)=O)cc1F. The molecule has 0 aromatic heterocycles. The van der Waals surface area contributed by atoms with Gasteiger partial charge in [-0.15, -0.1) is 0 Å². The predicted molar refractivity (Wildman–Crippen MR) is 72.3 cm³/mol.